The summed E-state index contributed by atoms with van der Waals surface area (Å²) in [4.78, 5) is 74.6. The lowest BCUT2D eigenvalue weighted by Crippen LogP contribution is -2.74. The molecule has 7 atom stereocenters. The first-order chi connectivity index (χ1) is 36.2. The Bertz CT molecular complexity index is 2960. The van der Waals surface area contributed by atoms with Crippen molar-refractivity contribution in [2.24, 2.45) is 5.92 Å². The molecule has 5 N–H and O–H groups in total. The topological polar surface area (TPSA) is 204 Å². The van der Waals surface area contributed by atoms with Gasteiger partial charge in [-0.25, -0.2) is 9.18 Å². The molecule has 394 valence electrons. The van der Waals surface area contributed by atoms with Gasteiger partial charge < -0.3 is 39.7 Å². The summed E-state index contributed by atoms with van der Waals surface area (Å²) in [6.07, 6.45) is 2.93. The summed E-state index contributed by atoms with van der Waals surface area (Å²) in [7, 11) is 2.14. The number of likely N-dealkylation sites (N-methyl/N-ethyl adjacent to an activating group) is 1. The van der Waals surface area contributed by atoms with Gasteiger partial charge in [0.05, 0.1) is 42.9 Å². The highest BCUT2D eigenvalue weighted by molar-refractivity contribution is 6.36. The van der Waals surface area contributed by atoms with E-state index in [1.165, 1.54) is 35.2 Å². The van der Waals surface area contributed by atoms with Crippen LogP contribution in [0, 0.1) is 23.1 Å². The van der Waals surface area contributed by atoms with E-state index in [9.17, 15) is 29.2 Å². The highest BCUT2D eigenvalue weighted by Gasteiger charge is 2.46. The highest BCUT2D eigenvalue weighted by Crippen LogP contribution is 2.38. The molecule has 5 saturated heterocycles. The van der Waals surface area contributed by atoms with Crippen LogP contribution in [0.4, 0.5) is 20.6 Å². The van der Waals surface area contributed by atoms with E-state index in [-0.39, 0.29) is 102 Å². The fourth-order valence-corrected chi connectivity index (χ4v) is 12.2. The zero-order chi connectivity index (χ0) is 52.5. The molecule has 0 spiro atoms. The molecule has 6 aliphatic rings. The normalized spacial score (nSPS) is 25.1. The van der Waals surface area contributed by atoms with E-state index in [0.717, 1.165) is 60.4 Å². The molecule has 6 amide bonds. The lowest BCUT2D eigenvalue weighted by atomic mass is 9.85. The Morgan fingerprint density at radius 3 is 2.57 bits per heavy atom. The maximum Gasteiger partial charge on any atom is 0.319 e. The predicted molar refractivity (Wildman–Crippen MR) is 280 cm³/mol. The van der Waals surface area contributed by atoms with Crippen molar-refractivity contribution in [1.29, 1.82) is 5.26 Å². The molecule has 0 aliphatic carbocycles. The van der Waals surface area contributed by atoms with Crippen LogP contribution in [0.5, 0.6) is 5.75 Å². The van der Waals surface area contributed by atoms with Crippen molar-refractivity contribution in [3.63, 3.8) is 0 Å². The zero-order valence-corrected chi connectivity index (χ0v) is 43.1. The SMILES string of the molecule is C=C(COc1cc(Cl)cc(NC(=O)NCc2ccc3c(c2F)CN(C2CCC(=O)NC2=O)C3=O)c1)C(=O)N1CCN(C2NC(OC[C@@H]3CCCN3C)NC3CN(c4cccc5cccc(Cl)c45)CCC32)C[C@@H]1CC#N. The number of urea groups is 1. The van der Waals surface area contributed by atoms with Gasteiger partial charge in [-0.3, -0.25) is 40.0 Å². The van der Waals surface area contributed by atoms with Crippen LogP contribution >= 0.6 is 23.2 Å². The summed E-state index contributed by atoms with van der Waals surface area (Å²) in [5.41, 5.74) is 1.88. The molecule has 4 aromatic carbocycles. The number of benzene rings is 4. The average Bonchev–Trinajstić information content (AvgIpc) is 3.97. The van der Waals surface area contributed by atoms with Gasteiger partial charge in [0.25, 0.3) is 11.8 Å². The van der Waals surface area contributed by atoms with Crippen molar-refractivity contribution in [2.75, 3.05) is 69.7 Å². The first-order valence-corrected chi connectivity index (χ1v) is 26.3. The van der Waals surface area contributed by atoms with E-state index in [4.69, 9.17) is 32.7 Å². The molecule has 75 heavy (non-hydrogen) atoms. The van der Waals surface area contributed by atoms with Crippen LogP contribution < -0.4 is 36.2 Å². The molecule has 5 fully saturated rings. The molecule has 6 aliphatic heterocycles. The first kappa shape index (κ1) is 52.1. The summed E-state index contributed by atoms with van der Waals surface area (Å²) in [5, 5.41) is 28.3. The first-order valence-electron chi connectivity index (χ1n) is 25.5. The van der Waals surface area contributed by atoms with Crippen LogP contribution in [-0.4, -0.2) is 145 Å². The van der Waals surface area contributed by atoms with Gasteiger partial charge >= 0.3 is 6.03 Å². The third-order valence-electron chi connectivity index (χ3n) is 15.6. The number of nitrogens with one attached hydrogen (secondary N) is 5. The van der Waals surface area contributed by atoms with Crippen LogP contribution in [0.1, 0.15) is 60.0 Å². The smallest absolute Gasteiger partial charge is 0.319 e. The minimum atomic E-state index is -0.892. The van der Waals surface area contributed by atoms with Crippen molar-refractivity contribution in [3.8, 4) is 11.8 Å². The van der Waals surface area contributed by atoms with Gasteiger partial charge in [-0.05, 0) is 75.0 Å². The van der Waals surface area contributed by atoms with Gasteiger partial charge in [-0.1, -0.05) is 60.1 Å². The third kappa shape index (κ3) is 11.2. The summed E-state index contributed by atoms with van der Waals surface area (Å²) in [6, 6.07) is 20.4. The van der Waals surface area contributed by atoms with Crippen LogP contribution in [0.25, 0.3) is 10.8 Å². The van der Waals surface area contributed by atoms with Crippen molar-refractivity contribution in [3.05, 3.63) is 111 Å². The number of carbonyl (C=O) groups is 5. The second-order valence-corrected chi connectivity index (χ2v) is 21.1. The Labute approximate surface area is 444 Å². The van der Waals surface area contributed by atoms with Crippen molar-refractivity contribution in [1.82, 2.24) is 40.9 Å². The zero-order valence-electron chi connectivity index (χ0n) is 41.6. The van der Waals surface area contributed by atoms with E-state index in [1.807, 2.05) is 12.1 Å². The van der Waals surface area contributed by atoms with Crippen LogP contribution in [0.2, 0.25) is 10.0 Å². The van der Waals surface area contributed by atoms with Gasteiger partial charge in [0.15, 0.2) is 6.35 Å². The maximum absolute atomic E-state index is 15.7. The van der Waals surface area contributed by atoms with E-state index < -0.39 is 48.0 Å². The Hall–Kier alpha value is -6.37. The van der Waals surface area contributed by atoms with Crippen molar-refractivity contribution < 1.29 is 37.8 Å². The van der Waals surface area contributed by atoms with Gasteiger partial charge in [0.1, 0.15) is 24.2 Å². The number of amides is 6. The molecule has 18 nitrogen and oxygen atoms in total. The van der Waals surface area contributed by atoms with E-state index in [2.05, 4.69) is 85.2 Å². The monoisotopic (exact) mass is 1060 g/mol. The van der Waals surface area contributed by atoms with Crippen LogP contribution in [-0.2, 0) is 32.2 Å². The number of anilines is 2. The van der Waals surface area contributed by atoms with Crippen LogP contribution in [0.3, 0.4) is 0 Å². The molecular weight excluding hydrogens is 1000 g/mol. The molecule has 21 heteroatoms. The van der Waals surface area contributed by atoms with Gasteiger partial charge in [0.2, 0.25) is 11.8 Å². The number of likely N-dealkylation sites (tertiary alicyclic amines) is 1. The summed E-state index contributed by atoms with van der Waals surface area (Å²) >= 11 is 13.3. The number of nitriles is 1. The van der Waals surface area contributed by atoms with Gasteiger partial charge in [-0.2, -0.15) is 5.26 Å². The molecule has 6 heterocycles. The average molecular weight is 1070 g/mol. The number of ether oxygens (including phenoxy) is 2. The second-order valence-electron chi connectivity index (χ2n) is 20.2. The van der Waals surface area contributed by atoms with Gasteiger partial charge in [-0.15, -0.1) is 0 Å². The predicted octanol–water partition coefficient (Wildman–Crippen LogP) is 5.54. The molecule has 5 unspecified atom stereocenters. The Morgan fingerprint density at radius 2 is 1.79 bits per heavy atom. The Morgan fingerprint density at radius 1 is 0.960 bits per heavy atom. The summed E-state index contributed by atoms with van der Waals surface area (Å²) in [6.45, 7) is 8.08. The lowest BCUT2D eigenvalue weighted by molar-refractivity contribution is -0.137. The minimum Gasteiger partial charge on any atom is -0.489 e. The molecule has 0 aromatic heterocycles. The number of hydrogen-bond acceptors (Lipinski definition) is 13. The van der Waals surface area contributed by atoms with Crippen molar-refractivity contribution >= 4 is 75.0 Å². The maximum atomic E-state index is 15.7. The lowest BCUT2D eigenvalue weighted by Gasteiger charge is -2.54. The number of imide groups is 1. The fraction of sp³-hybridized carbons (Fsp3) is 0.444. The standard InChI is InChI=1S/C54H60Cl2FN11O7/c1-31(29-74-38-23-34(55)22-35(24-38)60-53(73)59-25-33-11-12-39-41(48(33)57)27-68(52(39)72)45-13-14-46(69)62-50(45)70)51(71)67-21-20-66(26-36(67)15-17-58)49-40-16-19-65(44-10-4-7-32-6-3-9-42(56)47(32)44)28-43(40)61-54(63-49)75-30-37-8-5-18-64(37)2/h3-4,6-7,9-12,22-24,36-37,40,43,45,49,54,61,63H,1,5,8,13-16,18-21,25-30H2,2H3,(H2,59,60,73)(H,62,69,70)/t36-,37-,40?,43?,45?,49?,54?/m0/s1. The minimum absolute atomic E-state index is 0.0636. The molecule has 0 saturated carbocycles. The molecule has 4 aromatic rings. The second kappa shape index (κ2) is 22.5. The Balaban J connectivity index is 0.750. The summed E-state index contributed by atoms with van der Waals surface area (Å²) in [5.74, 6) is -2.10. The number of piperidine rings is 2. The molecule has 10 rings (SSSR count). The number of rotatable bonds is 14. The quantitative estimate of drug-likeness (QED) is 0.0779. The molecule has 0 radical (unpaired) electrons. The van der Waals surface area contributed by atoms with Gasteiger partial charge in [0, 0.05) is 114 Å². The fourth-order valence-electron chi connectivity index (χ4n) is 11.6. The van der Waals surface area contributed by atoms with E-state index in [1.54, 1.807) is 4.90 Å². The number of nitrogens with zero attached hydrogens (tertiary/aromatic N) is 6. The number of carbonyl (C=O) groups excluding carboxylic acids is 5. The highest BCUT2D eigenvalue weighted by atomic mass is 35.5. The molecular formula is C54H60Cl2FN11O7. The summed E-state index contributed by atoms with van der Waals surface area (Å²) < 4.78 is 28.4. The van der Waals surface area contributed by atoms with E-state index >= 15 is 4.39 Å². The van der Waals surface area contributed by atoms with Crippen molar-refractivity contribution in [2.45, 2.75) is 88.3 Å². The molecule has 0 bridgehead atoms. The number of hydrogen-bond donors (Lipinski definition) is 5. The Kier molecular flexibility index (Phi) is 15.6. The van der Waals surface area contributed by atoms with Crippen LogP contribution in [0.15, 0.2) is 78.9 Å². The number of halogens is 3. The van der Waals surface area contributed by atoms with E-state index in [0.29, 0.717) is 32.3 Å². The largest absolute Gasteiger partial charge is 0.489 e. The number of fused-ring (bicyclic) bond motifs is 3. The third-order valence-corrected chi connectivity index (χ3v) is 16.1. The number of piperazine rings is 1.